The van der Waals surface area contributed by atoms with Crippen LogP contribution in [0.2, 0.25) is 5.22 Å². The van der Waals surface area contributed by atoms with Crippen molar-refractivity contribution in [3.8, 4) is 0 Å². The maximum absolute atomic E-state index is 13.0. The summed E-state index contributed by atoms with van der Waals surface area (Å²) in [6.07, 6.45) is 1.39. The van der Waals surface area contributed by atoms with E-state index in [9.17, 15) is 8.78 Å². The van der Waals surface area contributed by atoms with Crippen LogP contribution in [0, 0.1) is 11.6 Å². The molecule has 5 heteroatoms. The summed E-state index contributed by atoms with van der Waals surface area (Å²) in [7, 11) is 0. The van der Waals surface area contributed by atoms with Gasteiger partial charge in [0.1, 0.15) is 0 Å². The third-order valence-electron chi connectivity index (χ3n) is 2.28. The summed E-state index contributed by atoms with van der Waals surface area (Å²) in [5.74, 6) is -1.85. The number of hydrogen-bond donors (Lipinski definition) is 1. The van der Waals surface area contributed by atoms with E-state index in [0.29, 0.717) is 11.1 Å². The summed E-state index contributed by atoms with van der Waals surface area (Å²) in [6.45, 7) is 0. The van der Waals surface area contributed by atoms with Crippen LogP contribution < -0.4 is 5.73 Å². The van der Waals surface area contributed by atoms with Gasteiger partial charge in [0.2, 0.25) is 0 Å². The van der Waals surface area contributed by atoms with Crippen LogP contribution in [0.1, 0.15) is 17.2 Å². The minimum Gasteiger partial charge on any atom is -0.453 e. The van der Waals surface area contributed by atoms with E-state index in [-0.39, 0.29) is 5.22 Å². The molecule has 0 amide bonds. The molecule has 0 aliphatic rings. The molecule has 2 aromatic rings. The molecule has 0 spiro atoms. The zero-order valence-electron chi connectivity index (χ0n) is 8.08. The lowest BCUT2D eigenvalue weighted by Gasteiger charge is -2.10. The first kappa shape index (κ1) is 11.1. The molecular weight excluding hydrogens is 236 g/mol. The Hall–Kier alpha value is -1.39. The first-order chi connectivity index (χ1) is 7.59. The normalized spacial score (nSPS) is 12.8. The fraction of sp³-hybridized carbons (Fsp3) is 0.0909. The Morgan fingerprint density at radius 3 is 2.50 bits per heavy atom. The van der Waals surface area contributed by atoms with Crippen molar-refractivity contribution >= 4 is 11.6 Å². The smallest absolute Gasteiger partial charge is 0.198 e. The number of halogens is 3. The molecule has 0 bridgehead atoms. The number of rotatable bonds is 2. The Kier molecular flexibility index (Phi) is 2.94. The summed E-state index contributed by atoms with van der Waals surface area (Å²) >= 11 is 5.74. The first-order valence-electron chi connectivity index (χ1n) is 4.53. The molecule has 0 aliphatic heterocycles. The lowest BCUT2D eigenvalue weighted by molar-refractivity contribution is 0.506. The van der Waals surface area contributed by atoms with Crippen molar-refractivity contribution < 1.29 is 13.2 Å². The van der Waals surface area contributed by atoms with Gasteiger partial charge in [0, 0.05) is 5.56 Å². The van der Waals surface area contributed by atoms with E-state index >= 15 is 0 Å². The second kappa shape index (κ2) is 4.23. The number of benzene rings is 1. The van der Waals surface area contributed by atoms with Crippen molar-refractivity contribution in [3.05, 3.63) is 58.5 Å². The molecule has 1 unspecified atom stereocenters. The van der Waals surface area contributed by atoms with Crippen molar-refractivity contribution in [2.75, 3.05) is 0 Å². The van der Waals surface area contributed by atoms with Crippen molar-refractivity contribution in [3.63, 3.8) is 0 Å². The summed E-state index contributed by atoms with van der Waals surface area (Å²) in [4.78, 5) is 0. The molecule has 2 rings (SSSR count). The summed E-state index contributed by atoms with van der Waals surface area (Å²) in [5, 5.41) is 0.150. The van der Waals surface area contributed by atoms with Crippen LogP contribution in [0.5, 0.6) is 0 Å². The Balaban J connectivity index is 2.38. The number of hydrogen-bond acceptors (Lipinski definition) is 2. The van der Waals surface area contributed by atoms with Crippen molar-refractivity contribution in [1.29, 1.82) is 0 Å². The lowest BCUT2D eigenvalue weighted by atomic mass is 10.0. The Morgan fingerprint density at radius 1 is 1.19 bits per heavy atom. The highest BCUT2D eigenvalue weighted by molar-refractivity contribution is 6.29. The second-order valence-corrected chi connectivity index (χ2v) is 3.64. The molecular formula is C11H8ClF2NO. The second-order valence-electron chi connectivity index (χ2n) is 3.30. The molecule has 2 N–H and O–H groups in total. The largest absolute Gasteiger partial charge is 0.453 e. The van der Waals surface area contributed by atoms with E-state index in [1.165, 1.54) is 12.3 Å². The monoisotopic (exact) mass is 243 g/mol. The van der Waals surface area contributed by atoms with Crippen LogP contribution in [-0.4, -0.2) is 0 Å². The van der Waals surface area contributed by atoms with Gasteiger partial charge < -0.3 is 10.2 Å². The van der Waals surface area contributed by atoms with Crippen LogP contribution in [0.3, 0.4) is 0 Å². The van der Waals surface area contributed by atoms with Gasteiger partial charge in [-0.25, -0.2) is 8.78 Å². The standard InChI is InChI=1S/C11H8ClF2NO/c12-11-7(3-4-16-11)10(15)6-1-2-8(13)9(14)5-6/h1-5,10H,15H2. The van der Waals surface area contributed by atoms with Gasteiger partial charge >= 0.3 is 0 Å². The SMILES string of the molecule is NC(c1ccc(F)c(F)c1)c1ccoc1Cl. The number of furan rings is 1. The molecule has 1 aromatic heterocycles. The highest BCUT2D eigenvalue weighted by Gasteiger charge is 2.16. The maximum Gasteiger partial charge on any atom is 0.198 e. The molecule has 1 aromatic carbocycles. The van der Waals surface area contributed by atoms with Crippen LogP contribution >= 0.6 is 11.6 Å². The van der Waals surface area contributed by atoms with Crippen molar-refractivity contribution in [2.45, 2.75) is 6.04 Å². The molecule has 84 valence electrons. The summed E-state index contributed by atoms with van der Waals surface area (Å²) in [5.41, 5.74) is 6.81. The fourth-order valence-electron chi connectivity index (χ4n) is 1.41. The van der Waals surface area contributed by atoms with E-state index < -0.39 is 17.7 Å². The maximum atomic E-state index is 13.0. The molecule has 0 saturated heterocycles. The highest BCUT2D eigenvalue weighted by atomic mass is 35.5. The van der Waals surface area contributed by atoms with Crippen LogP contribution in [0.25, 0.3) is 0 Å². The van der Waals surface area contributed by atoms with Gasteiger partial charge in [-0.2, -0.15) is 0 Å². The first-order valence-corrected chi connectivity index (χ1v) is 4.91. The van der Waals surface area contributed by atoms with Gasteiger partial charge in [-0.15, -0.1) is 0 Å². The molecule has 0 fully saturated rings. The Bertz CT molecular complexity index is 512. The molecule has 16 heavy (non-hydrogen) atoms. The van der Waals surface area contributed by atoms with Gasteiger partial charge in [0.05, 0.1) is 12.3 Å². The average molecular weight is 244 g/mol. The molecule has 2 nitrogen and oxygen atoms in total. The molecule has 0 saturated carbocycles. The minimum absolute atomic E-state index is 0.150. The van der Waals surface area contributed by atoms with E-state index in [1.807, 2.05) is 0 Å². The third kappa shape index (κ3) is 1.94. The van der Waals surface area contributed by atoms with Gasteiger partial charge in [-0.1, -0.05) is 6.07 Å². The van der Waals surface area contributed by atoms with Crippen molar-refractivity contribution in [2.24, 2.45) is 5.73 Å². The van der Waals surface area contributed by atoms with E-state index in [1.54, 1.807) is 6.07 Å². The van der Waals surface area contributed by atoms with Gasteiger partial charge in [0.15, 0.2) is 16.9 Å². The predicted molar refractivity (Wildman–Crippen MR) is 56.1 cm³/mol. The summed E-state index contributed by atoms with van der Waals surface area (Å²) < 4.78 is 30.6. The quantitative estimate of drug-likeness (QED) is 0.879. The third-order valence-corrected chi connectivity index (χ3v) is 2.59. The van der Waals surface area contributed by atoms with Crippen LogP contribution in [0.15, 0.2) is 34.9 Å². The molecule has 0 radical (unpaired) electrons. The average Bonchev–Trinajstić information content (AvgIpc) is 2.67. The highest BCUT2D eigenvalue weighted by Crippen LogP contribution is 2.27. The van der Waals surface area contributed by atoms with Gasteiger partial charge in [-0.05, 0) is 35.4 Å². The number of nitrogens with two attached hydrogens (primary N) is 1. The van der Waals surface area contributed by atoms with Crippen LogP contribution in [-0.2, 0) is 0 Å². The van der Waals surface area contributed by atoms with Gasteiger partial charge in [-0.3, -0.25) is 0 Å². The zero-order chi connectivity index (χ0) is 11.7. The van der Waals surface area contributed by atoms with E-state index in [0.717, 1.165) is 12.1 Å². The van der Waals surface area contributed by atoms with Gasteiger partial charge in [0.25, 0.3) is 0 Å². The fourth-order valence-corrected chi connectivity index (χ4v) is 1.64. The Morgan fingerprint density at radius 2 is 1.94 bits per heavy atom. The molecule has 1 atom stereocenters. The predicted octanol–water partition coefficient (Wildman–Crippen LogP) is 3.26. The summed E-state index contributed by atoms with van der Waals surface area (Å²) in [6, 6.07) is 4.43. The van der Waals surface area contributed by atoms with E-state index in [2.05, 4.69) is 0 Å². The zero-order valence-corrected chi connectivity index (χ0v) is 8.84. The molecule has 0 aliphatic carbocycles. The van der Waals surface area contributed by atoms with E-state index in [4.69, 9.17) is 21.8 Å². The van der Waals surface area contributed by atoms with Crippen molar-refractivity contribution in [1.82, 2.24) is 0 Å². The minimum atomic E-state index is -0.937. The molecule has 1 heterocycles. The van der Waals surface area contributed by atoms with Crippen LogP contribution in [0.4, 0.5) is 8.78 Å². The topological polar surface area (TPSA) is 39.2 Å². The Labute approximate surface area is 95.6 Å². The lowest BCUT2D eigenvalue weighted by Crippen LogP contribution is -2.11.